The van der Waals surface area contributed by atoms with Crippen LogP contribution in [0.3, 0.4) is 0 Å². The molecule has 2 aromatic rings. The number of aryl methyl sites for hydroxylation is 1. The largest absolute Gasteiger partial charge is 0.493 e. The number of nitrogens with two attached hydrogens (primary N) is 1. The molecule has 0 fully saturated rings. The van der Waals surface area contributed by atoms with Crippen molar-refractivity contribution >= 4 is 15.9 Å². The Bertz CT molecular complexity index is 551. The predicted molar refractivity (Wildman–Crippen MR) is 79.2 cm³/mol. The minimum Gasteiger partial charge on any atom is -0.493 e. The molecule has 2 rings (SSSR count). The number of nitrogens with zero attached hydrogens (tertiary/aromatic N) is 2. The van der Waals surface area contributed by atoms with Crippen LogP contribution < -0.4 is 10.5 Å². The van der Waals surface area contributed by atoms with Crippen LogP contribution in [0.25, 0.3) is 0 Å². The number of ether oxygens (including phenoxy) is 1. The minimum absolute atomic E-state index is 0.0517. The Balaban J connectivity index is 2.01. The smallest absolute Gasteiger partial charge is 0.124 e. The SMILES string of the molecule is C[C@H](N)c1cc(Br)ccc1OCCc1ccnn1C. The van der Waals surface area contributed by atoms with E-state index in [0.717, 1.165) is 27.9 Å². The summed E-state index contributed by atoms with van der Waals surface area (Å²) in [5.41, 5.74) is 8.12. The maximum absolute atomic E-state index is 5.96. The summed E-state index contributed by atoms with van der Waals surface area (Å²) in [5.74, 6) is 0.848. The molecule has 0 saturated carbocycles. The predicted octanol–water partition coefficient (Wildman–Crippen LogP) is 2.82. The summed E-state index contributed by atoms with van der Waals surface area (Å²) >= 11 is 3.45. The van der Waals surface area contributed by atoms with Crippen molar-refractivity contribution < 1.29 is 4.74 Å². The highest BCUT2D eigenvalue weighted by molar-refractivity contribution is 9.10. The Hall–Kier alpha value is -1.33. The van der Waals surface area contributed by atoms with Gasteiger partial charge in [0.15, 0.2) is 0 Å². The second kappa shape index (κ2) is 6.21. The van der Waals surface area contributed by atoms with E-state index in [0.29, 0.717) is 6.61 Å². The van der Waals surface area contributed by atoms with Gasteiger partial charge in [0.1, 0.15) is 5.75 Å². The van der Waals surface area contributed by atoms with Gasteiger partial charge in [0.2, 0.25) is 0 Å². The molecule has 2 N–H and O–H groups in total. The maximum Gasteiger partial charge on any atom is 0.124 e. The van der Waals surface area contributed by atoms with E-state index in [1.807, 2.05) is 42.9 Å². The molecule has 4 nitrogen and oxygen atoms in total. The highest BCUT2D eigenvalue weighted by Gasteiger charge is 2.09. The lowest BCUT2D eigenvalue weighted by molar-refractivity contribution is 0.313. The highest BCUT2D eigenvalue weighted by atomic mass is 79.9. The summed E-state index contributed by atoms with van der Waals surface area (Å²) in [6, 6.07) is 7.86. The van der Waals surface area contributed by atoms with Gasteiger partial charge in [-0.3, -0.25) is 4.68 Å². The van der Waals surface area contributed by atoms with Gasteiger partial charge < -0.3 is 10.5 Å². The Kier molecular flexibility index (Phi) is 4.61. The first-order chi connectivity index (χ1) is 9.08. The quantitative estimate of drug-likeness (QED) is 0.920. The topological polar surface area (TPSA) is 53.1 Å². The lowest BCUT2D eigenvalue weighted by Gasteiger charge is -2.14. The fraction of sp³-hybridized carbons (Fsp3) is 0.357. The summed E-state index contributed by atoms with van der Waals surface area (Å²) in [7, 11) is 1.93. The van der Waals surface area contributed by atoms with Crippen molar-refractivity contribution in [3.05, 3.63) is 46.2 Å². The molecule has 0 spiro atoms. The van der Waals surface area contributed by atoms with Crippen LogP contribution in [0.1, 0.15) is 24.2 Å². The zero-order valence-corrected chi connectivity index (χ0v) is 12.7. The molecule has 1 aromatic carbocycles. The molecule has 102 valence electrons. The third-order valence-electron chi connectivity index (χ3n) is 3.00. The third-order valence-corrected chi connectivity index (χ3v) is 3.49. The number of benzene rings is 1. The molecule has 0 amide bonds. The second-order valence-electron chi connectivity index (χ2n) is 4.52. The van der Waals surface area contributed by atoms with Gasteiger partial charge in [0, 0.05) is 41.4 Å². The summed E-state index contributed by atoms with van der Waals surface area (Å²) in [5, 5.41) is 4.13. The average Bonchev–Trinajstić information content (AvgIpc) is 2.77. The summed E-state index contributed by atoms with van der Waals surface area (Å²) in [6.07, 6.45) is 2.62. The first-order valence-corrected chi connectivity index (χ1v) is 7.02. The van der Waals surface area contributed by atoms with Gasteiger partial charge in [-0.25, -0.2) is 0 Å². The Morgan fingerprint density at radius 1 is 1.42 bits per heavy atom. The van der Waals surface area contributed by atoms with E-state index in [1.165, 1.54) is 0 Å². The van der Waals surface area contributed by atoms with E-state index in [1.54, 1.807) is 6.20 Å². The van der Waals surface area contributed by atoms with Gasteiger partial charge in [-0.1, -0.05) is 15.9 Å². The van der Waals surface area contributed by atoms with Crippen LogP contribution in [0.5, 0.6) is 5.75 Å². The minimum atomic E-state index is -0.0517. The molecule has 0 unspecified atom stereocenters. The van der Waals surface area contributed by atoms with Crippen LogP contribution in [0.15, 0.2) is 34.9 Å². The first-order valence-electron chi connectivity index (χ1n) is 6.22. The number of hydrogen-bond donors (Lipinski definition) is 1. The Morgan fingerprint density at radius 2 is 2.21 bits per heavy atom. The lowest BCUT2D eigenvalue weighted by atomic mass is 10.1. The number of aromatic nitrogens is 2. The van der Waals surface area contributed by atoms with Gasteiger partial charge in [-0.15, -0.1) is 0 Å². The van der Waals surface area contributed by atoms with E-state index in [9.17, 15) is 0 Å². The molecular weight excluding hydrogens is 306 g/mol. The summed E-state index contributed by atoms with van der Waals surface area (Å²) in [4.78, 5) is 0. The van der Waals surface area contributed by atoms with Crippen molar-refractivity contribution in [1.82, 2.24) is 9.78 Å². The average molecular weight is 324 g/mol. The van der Waals surface area contributed by atoms with Crippen LogP contribution in [0.4, 0.5) is 0 Å². The molecule has 0 radical (unpaired) electrons. The highest BCUT2D eigenvalue weighted by Crippen LogP contribution is 2.27. The van der Waals surface area contributed by atoms with Crippen molar-refractivity contribution in [2.75, 3.05) is 6.61 Å². The van der Waals surface area contributed by atoms with Gasteiger partial charge in [0.05, 0.1) is 6.61 Å². The molecule has 0 aliphatic carbocycles. The molecule has 0 aliphatic heterocycles. The normalized spacial score (nSPS) is 12.4. The molecule has 1 atom stereocenters. The van der Waals surface area contributed by atoms with Crippen molar-refractivity contribution in [2.45, 2.75) is 19.4 Å². The Labute approximate surface area is 121 Å². The van der Waals surface area contributed by atoms with E-state index >= 15 is 0 Å². The standard InChI is InChI=1S/C14H18BrN3O/c1-10(16)13-9-11(15)3-4-14(13)19-8-6-12-5-7-17-18(12)2/h3-5,7,9-10H,6,8,16H2,1-2H3/t10-/m0/s1. The van der Waals surface area contributed by atoms with E-state index in [-0.39, 0.29) is 6.04 Å². The molecule has 19 heavy (non-hydrogen) atoms. The number of hydrogen-bond acceptors (Lipinski definition) is 3. The molecule has 1 aromatic heterocycles. The molecule has 0 aliphatic rings. The van der Waals surface area contributed by atoms with Crippen LogP contribution in [-0.2, 0) is 13.5 Å². The van der Waals surface area contributed by atoms with Gasteiger partial charge in [-0.05, 0) is 31.2 Å². The van der Waals surface area contributed by atoms with Crippen molar-refractivity contribution in [2.24, 2.45) is 12.8 Å². The van der Waals surface area contributed by atoms with Crippen LogP contribution in [-0.4, -0.2) is 16.4 Å². The molecule has 5 heteroatoms. The van der Waals surface area contributed by atoms with E-state index in [4.69, 9.17) is 10.5 Å². The second-order valence-corrected chi connectivity index (χ2v) is 5.43. The molecule has 0 bridgehead atoms. The zero-order chi connectivity index (χ0) is 13.8. The Morgan fingerprint density at radius 3 is 2.84 bits per heavy atom. The van der Waals surface area contributed by atoms with Crippen molar-refractivity contribution in [1.29, 1.82) is 0 Å². The van der Waals surface area contributed by atoms with E-state index < -0.39 is 0 Å². The maximum atomic E-state index is 5.96. The van der Waals surface area contributed by atoms with Gasteiger partial charge in [0.25, 0.3) is 0 Å². The van der Waals surface area contributed by atoms with Crippen molar-refractivity contribution in [3.8, 4) is 5.75 Å². The monoisotopic (exact) mass is 323 g/mol. The van der Waals surface area contributed by atoms with Crippen LogP contribution in [0, 0.1) is 0 Å². The molecule has 0 saturated heterocycles. The third kappa shape index (κ3) is 3.58. The van der Waals surface area contributed by atoms with Gasteiger partial charge >= 0.3 is 0 Å². The zero-order valence-electron chi connectivity index (χ0n) is 11.1. The number of halogens is 1. The number of rotatable bonds is 5. The van der Waals surface area contributed by atoms with Crippen LogP contribution in [0.2, 0.25) is 0 Å². The molecule has 1 heterocycles. The fourth-order valence-corrected chi connectivity index (χ4v) is 2.30. The van der Waals surface area contributed by atoms with Gasteiger partial charge in [-0.2, -0.15) is 5.10 Å². The molecular formula is C14H18BrN3O. The van der Waals surface area contributed by atoms with E-state index in [2.05, 4.69) is 21.0 Å². The summed E-state index contributed by atoms with van der Waals surface area (Å²) in [6.45, 7) is 2.57. The first kappa shape index (κ1) is 14.1. The lowest BCUT2D eigenvalue weighted by Crippen LogP contribution is -2.10. The summed E-state index contributed by atoms with van der Waals surface area (Å²) < 4.78 is 8.71. The van der Waals surface area contributed by atoms with Crippen LogP contribution >= 0.6 is 15.9 Å². The fourth-order valence-electron chi connectivity index (χ4n) is 1.92. The van der Waals surface area contributed by atoms with Crippen molar-refractivity contribution in [3.63, 3.8) is 0 Å².